The number of carbonyl (C=O) groups excluding carboxylic acids is 2. The molecular weight excluding hydrogens is 321 g/mol. The van der Waals surface area contributed by atoms with E-state index < -0.39 is 30.0 Å². The van der Waals surface area contributed by atoms with Gasteiger partial charge in [-0.05, 0) is 29.8 Å². The van der Waals surface area contributed by atoms with Crippen LogP contribution in [0.3, 0.4) is 0 Å². The van der Waals surface area contributed by atoms with Crippen molar-refractivity contribution in [2.75, 3.05) is 5.32 Å². The molecule has 0 atom stereocenters. The Morgan fingerprint density at radius 1 is 0.875 bits per heavy atom. The van der Waals surface area contributed by atoms with Gasteiger partial charge in [0.1, 0.15) is 6.42 Å². The standard InChI is InChI=1S/C17H15F3N2O2/c18-17(19,20)13-6-8-14(9-7-13)22-16(24)10-15(23)21-11-12-4-2-1-3-5-12/h1-9H,10-11H2,(H,21,23)(H,22,24). The Morgan fingerprint density at radius 2 is 1.50 bits per heavy atom. The number of halogens is 3. The SMILES string of the molecule is O=C(CC(=O)Nc1ccc(C(F)(F)F)cc1)NCc1ccccc1. The third kappa shape index (κ3) is 5.42. The molecule has 0 spiro atoms. The number of nitrogens with one attached hydrogen (secondary N) is 2. The van der Waals surface area contributed by atoms with E-state index in [0.29, 0.717) is 6.54 Å². The van der Waals surface area contributed by atoms with Gasteiger partial charge in [-0.25, -0.2) is 0 Å². The third-order valence-electron chi connectivity index (χ3n) is 3.15. The van der Waals surface area contributed by atoms with Gasteiger partial charge in [-0.1, -0.05) is 30.3 Å². The van der Waals surface area contributed by atoms with Gasteiger partial charge in [0.2, 0.25) is 11.8 Å². The third-order valence-corrected chi connectivity index (χ3v) is 3.15. The van der Waals surface area contributed by atoms with Crippen LogP contribution in [0, 0.1) is 0 Å². The zero-order chi connectivity index (χ0) is 17.6. The summed E-state index contributed by atoms with van der Waals surface area (Å²) in [6, 6.07) is 13.2. The number of carbonyl (C=O) groups is 2. The molecule has 0 saturated heterocycles. The lowest BCUT2D eigenvalue weighted by Crippen LogP contribution is -2.27. The zero-order valence-corrected chi connectivity index (χ0v) is 12.6. The van der Waals surface area contributed by atoms with E-state index in [9.17, 15) is 22.8 Å². The van der Waals surface area contributed by atoms with Crippen LogP contribution in [-0.4, -0.2) is 11.8 Å². The molecule has 2 N–H and O–H groups in total. The van der Waals surface area contributed by atoms with E-state index in [1.807, 2.05) is 30.3 Å². The van der Waals surface area contributed by atoms with Crippen LogP contribution in [0.15, 0.2) is 54.6 Å². The van der Waals surface area contributed by atoms with E-state index in [1.165, 1.54) is 0 Å². The van der Waals surface area contributed by atoms with E-state index in [4.69, 9.17) is 0 Å². The lowest BCUT2D eigenvalue weighted by atomic mass is 10.2. The molecule has 4 nitrogen and oxygen atoms in total. The molecule has 0 aliphatic heterocycles. The zero-order valence-electron chi connectivity index (χ0n) is 12.6. The Morgan fingerprint density at radius 3 is 2.08 bits per heavy atom. The molecular formula is C17H15F3N2O2. The summed E-state index contributed by atoms with van der Waals surface area (Å²) in [4.78, 5) is 23.4. The van der Waals surface area contributed by atoms with Gasteiger partial charge in [0.15, 0.2) is 0 Å². The highest BCUT2D eigenvalue weighted by Crippen LogP contribution is 2.29. The largest absolute Gasteiger partial charge is 0.416 e. The minimum atomic E-state index is -4.43. The Labute approximate surface area is 136 Å². The Bertz CT molecular complexity index is 698. The van der Waals surface area contributed by atoms with Crippen LogP contribution < -0.4 is 10.6 Å². The first kappa shape index (κ1) is 17.5. The summed E-state index contributed by atoms with van der Waals surface area (Å²) >= 11 is 0. The lowest BCUT2D eigenvalue weighted by Gasteiger charge is -2.09. The Balaban J connectivity index is 1.81. The predicted octanol–water partition coefficient (Wildman–Crippen LogP) is 3.35. The molecule has 0 heterocycles. The highest BCUT2D eigenvalue weighted by molar-refractivity contribution is 6.03. The van der Waals surface area contributed by atoms with Crippen molar-refractivity contribution < 1.29 is 22.8 Å². The molecule has 2 aromatic rings. The molecule has 2 amide bonds. The molecule has 24 heavy (non-hydrogen) atoms. The molecule has 0 unspecified atom stereocenters. The number of amides is 2. The van der Waals surface area contributed by atoms with Gasteiger partial charge in [0.25, 0.3) is 0 Å². The van der Waals surface area contributed by atoms with Gasteiger partial charge in [-0.3, -0.25) is 9.59 Å². The fraction of sp³-hybridized carbons (Fsp3) is 0.176. The molecule has 0 aliphatic carbocycles. The molecule has 2 rings (SSSR count). The highest BCUT2D eigenvalue weighted by atomic mass is 19.4. The van der Waals surface area contributed by atoms with Gasteiger partial charge < -0.3 is 10.6 Å². The number of benzene rings is 2. The highest BCUT2D eigenvalue weighted by Gasteiger charge is 2.29. The summed E-state index contributed by atoms with van der Waals surface area (Å²) in [5.41, 5.74) is 0.291. The van der Waals surface area contributed by atoms with E-state index >= 15 is 0 Å². The molecule has 7 heteroatoms. The second-order valence-electron chi connectivity index (χ2n) is 5.06. The normalized spacial score (nSPS) is 11.0. The van der Waals surface area contributed by atoms with Crippen LogP contribution in [0.2, 0.25) is 0 Å². The van der Waals surface area contributed by atoms with Crippen LogP contribution in [0.5, 0.6) is 0 Å². The van der Waals surface area contributed by atoms with Crippen molar-refractivity contribution in [2.45, 2.75) is 19.1 Å². The molecule has 0 bridgehead atoms. The van der Waals surface area contributed by atoms with Crippen LogP contribution >= 0.6 is 0 Å². The second-order valence-corrected chi connectivity index (χ2v) is 5.06. The molecule has 0 saturated carbocycles. The Hall–Kier alpha value is -2.83. The van der Waals surface area contributed by atoms with Gasteiger partial charge in [-0.2, -0.15) is 13.2 Å². The van der Waals surface area contributed by atoms with E-state index in [-0.39, 0.29) is 5.69 Å². The fourth-order valence-corrected chi connectivity index (χ4v) is 1.95. The van der Waals surface area contributed by atoms with Crippen molar-refractivity contribution >= 4 is 17.5 Å². The minimum Gasteiger partial charge on any atom is -0.352 e. The Kier molecular flexibility index (Phi) is 5.57. The van der Waals surface area contributed by atoms with Crippen LogP contribution in [0.4, 0.5) is 18.9 Å². The number of alkyl halides is 3. The maximum atomic E-state index is 12.4. The second kappa shape index (κ2) is 7.63. The summed E-state index contributed by atoms with van der Waals surface area (Å²) in [6.45, 7) is 0.299. The minimum absolute atomic E-state index is 0.198. The van der Waals surface area contributed by atoms with Crippen molar-refractivity contribution in [1.29, 1.82) is 0 Å². The van der Waals surface area contributed by atoms with Crippen LogP contribution in [-0.2, 0) is 22.3 Å². The molecule has 0 aromatic heterocycles. The average Bonchev–Trinajstić information content (AvgIpc) is 2.53. The maximum Gasteiger partial charge on any atom is 0.416 e. The van der Waals surface area contributed by atoms with Crippen molar-refractivity contribution in [3.63, 3.8) is 0 Å². The van der Waals surface area contributed by atoms with Crippen molar-refractivity contribution in [2.24, 2.45) is 0 Å². The number of hydrogen-bond acceptors (Lipinski definition) is 2. The van der Waals surface area contributed by atoms with Gasteiger partial charge in [0, 0.05) is 12.2 Å². The van der Waals surface area contributed by atoms with E-state index in [2.05, 4.69) is 10.6 Å². The lowest BCUT2D eigenvalue weighted by molar-refractivity contribution is -0.137. The molecule has 126 valence electrons. The number of rotatable bonds is 5. The topological polar surface area (TPSA) is 58.2 Å². The fourth-order valence-electron chi connectivity index (χ4n) is 1.95. The van der Waals surface area contributed by atoms with Gasteiger partial charge >= 0.3 is 6.18 Å². The average molecular weight is 336 g/mol. The summed E-state index contributed by atoms with van der Waals surface area (Å²) in [6.07, 6.45) is -4.84. The smallest absolute Gasteiger partial charge is 0.352 e. The van der Waals surface area contributed by atoms with Crippen molar-refractivity contribution in [1.82, 2.24) is 5.32 Å². The summed E-state index contributed by atoms with van der Waals surface area (Å²) in [5, 5.41) is 4.98. The first-order chi connectivity index (χ1) is 11.3. The molecule has 2 aromatic carbocycles. The summed E-state index contributed by atoms with van der Waals surface area (Å²) in [5.74, 6) is -1.07. The maximum absolute atomic E-state index is 12.4. The molecule has 0 fully saturated rings. The van der Waals surface area contributed by atoms with E-state index in [0.717, 1.165) is 29.8 Å². The van der Waals surface area contributed by atoms with Gasteiger partial charge in [0.05, 0.1) is 5.56 Å². The first-order valence-corrected chi connectivity index (χ1v) is 7.12. The quantitative estimate of drug-likeness (QED) is 0.823. The van der Waals surface area contributed by atoms with Crippen molar-refractivity contribution in [3.05, 3.63) is 65.7 Å². The van der Waals surface area contributed by atoms with Crippen molar-refractivity contribution in [3.8, 4) is 0 Å². The summed E-state index contributed by atoms with van der Waals surface area (Å²) < 4.78 is 37.3. The first-order valence-electron chi connectivity index (χ1n) is 7.12. The van der Waals surface area contributed by atoms with Gasteiger partial charge in [-0.15, -0.1) is 0 Å². The molecule has 0 aliphatic rings. The predicted molar refractivity (Wildman–Crippen MR) is 83.0 cm³/mol. The van der Waals surface area contributed by atoms with E-state index in [1.54, 1.807) is 0 Å². The summed E-state index contributed by atoms with van der Waals surface area (Å²) in [7, 11) is 0. The number of anilines is 1. The number of hydrogen-bond donors (Lipinski definition) is 2. The van der Waals surface area contributed by atoms with Crippen LogP contribution in [0.1, 0.15) is 17.5 Å². The van der Waals surface area contributed by atoms with Crippen LogP contribution in [0.25, 0.3) is 0 Å². The monoisotopic (exact) mass is 336 g/mol. The molecule has 0 radical (unpaired) electrons.